The Morgan fingerprint density at radius 1 is 0.558 bits per heavy atom. The van der Waals surface area contributed by atoms with E-state index in [2.05, 4.69) is 141 Å². The highest BCUT2D eigenvalue weighted by Gasteiger charge is 2.15. The molecular weight excluding hydrogens is 526 g/mol. The molecule has 3 heterocycles. The Labute approximate surface area is 261 Å². The Bertz CT molecular complexity index is 1360. The van der Waals surface area contributed by atoms with Gasteiger partial charge in [-0.3, -0.25) is 0 Å². The van der Waals surface area contributed by atoms with Crippen molar-refractivity contribution in [3.63, 3.8) is 0 Å². The molecule has 0 radical (unpaired) electrons. The van der Waals surface area contributed by atoms with E-state index in [0.29, 0.717) is 11.8 Å². The van der Waals surface area contributed by atoms with Gasteiger partial charge >= 0.3 is 0 Å². The van der Waals surface area contributed by atoms with Gasteiger partial charge in [-0.05, 0) is 66.8 Å². The highest BCUT2D eigenvalue weighted by molar-refractivity contribution is 5.60. The Balaban J connectivity index is 1.12. The summed E-state index contributed by atoms with van der Waals surface area (Å²) in [6.07, 6.45) is 20.7. The fourth-order valence-corrected chi connectivity index (χ4v) is 5.88. The standard InChI is InChI=1S/C39H54N3O/c1-31(2)37-14-13-15-38(32(3)4)39(37)43-27-12-10-8-7-9-11-20-40-21-16-35(17-22-40)36-18-23-41(24-19-36)25-26-42-29-33(5)28-34(6)30-42/h13-19,21-24,28-32H,7-12,20,25-27H2,1-6H3/q+3. The Kier molecular flexibility index (Phi) is 12.3. The summed E-state index contributed by atoms with van der Waals surface area (Å²) in [5, 5.41) is 0. The van der Waals surface area contributed by atoms with Crippen LogP contribution in [0.4, 0.5) is 0 Å². The second-order valence-electron chi connectivity index (χ2n) is 12.8. The second kappa shape index (κ2) is 16.4. The molecular formula is C39H54N3O+3. The van der Waals surface area contributed by atoms with Gasteiger partial charge in [0.2, 0.25) is 13.1 Å². The number of pyridine rings is 3. The van der Waals surface area contributed by atoms with Crippen LogP contribution < -0.4 is 18.4 Å². The third-order valence-electron chi connectivity index (χ3n) is 8.30. The molecule has 4 heteroatoms. The van der Waals surface area contributed by atoms with E-state index in [1.54, 1.807) is 0 Å². The summed E-state index contributed by atoms with van der Waals surface area (Å²) in [6.45, 7) is 17.2. The first-order chi connectivity index (χ1) is 20.8. The van der Waals surface area contributed by atoms with Gasteiger partial charge in [0.05, 0.1) is 6.61 Å². The van der Waals surface area contributed by atoms with E-state index in [9.17, 15) is 0 Å². The number of hydrogen-bond donors (Lipinski definition) is 0. The highest BCUT2D eigenvalue weighted by Crippen LogP contribution is 2.34. The van der Waals surface area contributed by atoms with Crippen molar-refractivity contribution in [2.45, 2.75) is 112 Å². The van der Waals surface area contributed by atoms with Gasteiger partial charge in [0.25, 0.3) is 0 Å². The fraction of sp³-hybridized carbons (Fsp3) is 0.462. The lowest BCUT2D eigenvalue weighted by molar-refractivity contribution is -0.778. The van der Waals surface area contributed by atoms with Crippen LogP contribution in [0.25, 0.3) is 11.1 Å². The van der Waals surface area contributed by atoms with Gasteiger partial charge in [0.1, 0.15) is 12.3 Å². The van der Waals surface area contributed by atoms with Gasteiger partial charge < -0.3 is 4.74 Å². The van der Waals surface area contributed by atoms with Crippen LogP contribution in [0.15, 0.2) is 85.7 Å². The number of hydrogen-bond acceptors (Lipinski definition) is 1. The minimum atomic E-state index is 0.483. The summed E-state index contributed by atoms with van der Waals surface area (Å²) in [6, 6.07) is 17.8. The zero-order valence-corrected chi connectivity index (χ0v) is 27.6. The van der Waals surface area contributed by atoms with E-state index in [-0.39, 0.29) is 0 Å². The Morgan fingerprint density at radius 3 is 1.56 bits per heavy atom. The minimum absolute atomic E-state index is 0.483. The average molecular weight is 581 g/mol. The van der Waals surface area contributed by atoms with Crippen LogP contribution in [-0.4, -0.2) is 6.61 Å². The molecule has 0 spiro atoms. The predicted octanol–water partition coefficient (Wildman–Crippen LogP) is 8.20. The number of rotatable bonds is 16. The van der Waals surface area contributed by atoms with Crippen LogP contribution in [0.1, 0.15) is 100 Å². The maximum Gasteiger partial charge on any atom is 0.206 e. The predicted molar refractivity (Wildman–Crippen MR) is 176 cm³/mol. The van der Waals surface area contributed by atoms with Crippen LogP contribution in [0.5, 0.6) is 5.75 Å². The monoisotopic (exact) mass is 580 g/mol. The lowest BCUT2D eigenvalue weighted by Gasteiger charge is -2.20. The number of aryl methyl sites for hydroxylation is 5. The molecule has 3 aromatic heterocycles. The quantitative estimate of drug-likeness (QED) is 0.0967. The van der Waals surface area contributed by atoms with E-state index < -0.39 is 0 Å². The van der Waals surface area contributed by atoms with Gasteiger partial charge in [-0.2, -0.15) is 9.13 Å². The number of benzene rings is 1. The van der Waals surface area contributed by atoms with Crippen molar-refractivity contribution >= 4 is 0 Å². The van der Waals surface area contributed by atoms with Crippen molar-refractivity contribution in [1.29, 1.82) is 0 Å². The zero-order chi connectivity index (χ0) is 30.6. The number of ether oxygens (including phenoxy) is 1. The summed E-state index contributed by atoms with van der Waals surface area (Å²) in [5.74, 6) is 2.10. The van der Waals surface area contributed by atoms with E-state index in [1.165, 1.54) is 65.5 Å². The number of aromatic nitrogens is 3. The Hall–Kier alpha value is -3.53. The first-order valence-electron chi connectivity index (χ1n) is 16.5. The van der Waals surface area contributed by atoms with Gasteiger partial charge in [-0.15, -0.1) is 0 Å². The average Bonchev–Trinajstić information content (AvgIpc) is 2.99. The molecule has 0 amide bonds. The van der Waals surface area contributed by atoms with E-state index in [4.69, 9.17) is 4.74 Å². The molecule has 0 saturated heterocycles. The summed E-state index contributed by atoms with van der Waals surface area (Å²) in [5.41, 5.74) is 7.83. The first-order valence-corrected chi connectivity index (χ1v) is 16.5. The molecule has 0 unspecified atom stereocenters. The molecule has 0 aliphatic carbocycles. The summed E-state index contributed by atoms with van der Waals surface area (Å²) < 4.78 is 13.2. The third kappa shape index (κ3) is 10.0. The SMILES string of the molecule is Cc1cc(C)c[n+](CC[n+]2ccc(-c3cc[n+](CCCCCCCCOc4c(C(C)C)cccc4C(C)C)cc3)cc2)c1. The topological polar surface area (TPSA) is 20.9 Å². The van der Waals surface area contributed by atoms with Crippen molar-refractivity contribution in [3.8, 4) is 16.9 Å². The molecule has 0 aliphatic rings. The van der Waals surface area contributed by atoms with Gasteiger partial charge in [-0.1, -0.05) is 65.2 Å². The number of unbranched alkanes of at least 4 members (excludes halogenated alkanes) is 5. The van der Waals surface area contributed by atoms with Crippen LogP contribution in [0.2, 0.25) is 0 Å². The number of nitrogens with zero attached hydrogens (tertiary/aromatic N) is 3. The van der Waals surface area contributed by atoms with Crippen molar-refractivity contribution < 1.29 is 18.4 Å². The molecule has 228 valence electrons. The molecule has 1 aromatic carbocycles. The maximum atomic E-state index is 6.35. The lowest BCUT2D eigenvalue weighted by Crippen LogP contribution is -2.44. The van der Waals surface area contributed by atoms with Gasteiger partial charge in [0.15, 0.2) is 37.2 Å². The number of para-hydroxylation sites is 1. The molecule has 4 rings (SSSR count). The molecule has 4 nitrogen and oxygen atoms in total. The van der Waals surface area contributed by atoms with Crippen LogP contribution in [0, 0.1) is 13.8 Å². The van der Waals surface area contributed by atoms with Crippen LogP contribution >= 0.6 is 0 Å². The van der Waals surface area contributed by atoms with E-state index in [0.717, 1.165) is 38.4 Å². The van der Waals surface area contributed by atoms with Crippen molar-refractivity contribution in [3.05, 3.63) is 108 Å². The smallest absolute Gasteiger partial charge is 0.206 e. The van der Waals surface area contributed by atoms with Crippen molar-refractivity contribution in [2.75, 3.05) is 6.61 Å². The van der Waals surface area contributed by atoms with E-state index >= 15 is 0 Å². The molecule has 0 atom stereocenters. The third-order valence-corrected chi connectivity index (χ3v) is 8.30. The van der Waals surface area contributed by atoms with E-state index in [1.807, 2.05) is 0 Å². The summed E-state index contributed by atoms with van der Waals surface area (Å²) in [4.78, 5) is 0. The fourth-order valence-electron chi connectivity index (χ4n) is 5.88. The highest BCUT2D eigenvalue weighted by atomic mass is 16.5. The minimum Gasteiger partial charge on any atom is -0.493 e. The maximum absolute atomic E-state index is 6.35. The van der Waals surface area contributed by atoms with Crippen molar-refractivity contribution in [2.24, 2.45) is 0 Å². The molecule has 0 fully saturated rings. The zero-order valence-electron chi connectivity index (χ0n) is 27.6. The molecule has 4 aromatic rings. The summed E-state index contributed by atoms with van der Waals surface area (Å²) >= 11 is 0. The normalized spacial score (nSPS) is 11.4. The lowest BCUT2D eigenvalue weighted by atomic mass is 9.94. The second-order valence-corrected chi connectivity index (χ2v) is 12.8. The van der Waals surface area contributed by atoms with Gasteiger partial charge in [-0.25, -0.2) is 4.57 Å². The van der Waals surface area contributed by atoms with Gasteiger partial charge in [0, 0.05) is 41.8 Å². The summed E-state index contributed by atoms with van der Waals surface area (Å²) in [7, 11) is 0. The van der Waals surface area contributed by atoms with Crippen LogP contribution in [0.3, 0.4) is 0 Å². The first kappa shape index (κ1) is 32.4. The largest absolute Gasteiger partial charge is 0.493 e. The molecule has 0 N–H and O–H groups in total. The van der Waals surface area contributed by atoms with Crippen LogP contribution in [-0.2, 0) is 19.6 Å². The molecule has 0 bridgehead atoms. The molecule has 0 saturated carbocycles. The molecule has 0 aliphatic heterocycles. The Morgan fingerprint density at radius 2 is 1.02 bits per heavy atom. The van der Waals surface area contributed by atoms with Crippen molar-refractivity contribution in [1.82, 2.24) is 0 Å². The molecule has 43 heavy (non-hydrogen) atoms.